The molecular weight excluding hydrogens is 230 g/mol. The summed E-state index contributed by atoms with van der Waals surface area (Å²) in [6.45, 7) is 3.23. The van der Waals surface area contributed by atoms with E-state index in [1.54, 1.807) is 11.3 Å². The van der Waals surface area contributed by atoms with Crippen molar-refractivity contribution >= 4 is 23.7 Å². The number of hydrogen-bond donors (Lipinski definition) is 2. The highest BCUT2D eigenvalue weighted by Crippen LogP contribution is 2.07. The second-order valence-corrected chi connectivity index (χ2v) is 4.72. The zero-order valence-corrected chi connectivity index (χ0v) is 10.4. The summed E-state index contributed by atoms with van der Waals surface area (Å²) in [4.78, 5) is 5.37. The van der Waals surface area contributed by atoms with Gasteiger partial charge >= 0.3 is 0 Å². The molecule has 2 rings (SSSR count). The Bertz CT molecular complexity index is 247. The second kappa shape index (κ2) is 7.17. The normalized spacial score (nSPS) is 20.9. The first-order chi connectivity index (χ1) is 6.95. The third-order valence-corrected chi connectivity index (χ3v) is 3.37. The molecule has 0 spiro atoms. The van der Waals surface area contributed by atoms with Gasteiger partial charge in [-0.05, 0) is 19.4 Å². The Balaban J connectivity index is 0.00000112. The van der Waals surface area contributed by atoms with Gasteiger partial charge in [0.15, 0.2) is 0 Å². The fourth-order valence-corrected chi connectivity index (χ4v) is 2.36. The number of thiazole rings is 1. The maximum absolute atomic E-state index is 4.05. The highest BCUT2D eigenvalue weighted by molar-refractivity contribution is 7.09. The van der Waals surface area contributed by atoms with Gasteiger partial charge in [0.2, 0.25) is 0 Å². The van der Waals surface area contributed by atoms with Crippen molar-refractivity contribution in [3.63, 3.8) is 0 Å². The predicted octanol–water partition coefficient (Wildman–Crippen LogP) is 1.80. The number of piperidine rings is 1. The minimum Gasteiger partial charge on any atom is -0.313 e. The van der Waals surface area contributed by atoms with Crippen LogP contribution in [-0.4, -0.2) is 24.1 Å². The van der Waals surface area contributed by atoms with Crippen molar-refractivity contribution in [2.45, 2.75) is 31.8 Å². The summed E-state index contributed by atoms with van der Waals surface area (Å²) in [5.41, 5.74) is 1.88. The van der Waals surface area contributed by atoms with Gasteiger partial charge in [-0.25, -0.2) is 0 Å². The van der Waals surface area contributed by atoms with Gasteiger partial charge in [-0.1, -0.05) is 6.42 Å². The summed E-state index contributed by atoms with van der Waals surface area (Å²) in [5, 5.41) is 6.99. The molecular formula is C10H18ClN3S. The van der Waals surface area contributed by atoms with E-state index in [9.17, 15) is 0 Å². The van der Waals surface area contributed by atoms with Crippen molar-refractivity contribution in [2.24, 2.45) is 0 Å². The number of nitrogens with one attached hydrogen (secondary N) is 2. The Labute approximate surface area is 101 Å². The maximum Gasteiger partial charge on any atom is 0.0794 e. The summed E-state index contributed by atoms with van der Waals surface area (Å²) in [6, 6.07) is 0.677. The van der Waals surface area contributed by atoms with Gasteiger partial charge in [-0.2, -0.15) is 0 Å². The van der Waals surface area contributed by atoms with Crippen LogP contribution < -0.4 is 10.6 Å². The van der Waals surface area contributed by atoms with E-state index in [4.69, 9.17) is 0 Å². The minimum absolute atomic E-state index is 0. The van der Waals surface area contributed by atoms with E-state index in [1.807, 2.05) is 11.7 Å². The van der Waals surface area contributed by atoms with Gasteiger partial charge in [-0.3, -0.25) is 4.98 Å². The Morgan fingerprint density at radius 1 is 1.53 bits per heavy atom. The van der Waals surface area contributed by atoms with Gasteiger partial charge in [-0.15, -0.1) is 23.7 Å². The molecule has 1 aliphatic rings. The third kappa shape index (κ3) is 4.47. The van der Waals surface area contributed by atoms with Crippen LogP contribution in [0.4, 0.5) is 0 Å². The van der Waals surface area contributed by atoms with E-state index in [1.165, 1.54) is 30.7 Å². The molecule has 2 heterocycles. The zero-order chi connectivity index (χ0) is 9.64. The summed E-state index contributed by atoms with van der Waals surface area (Å²) in [6.07, 6.45) is 5.97. The number of aromatic nitrogens is 1. The first kappa shape index (κ1) is 12.9. The average molecular weight is 248 g/mol. The SMILES string of the molecule is Cl.c1ncc(CNCC2CCCCN2)s1. The van der Waals surface area contributed by atoms with Crippen molar-refractivity contribution in [3.05, 3.63) is 16.6 Å². The zero-order valence-electron chi connectivity index (χ0n) is 8.74. The lowest BCUT2D eigenvalue weighted by Gasteiger charge is -2.23. The van der Waals surface area contributed by atoms with Gasteiger partial charge in [0.1, 0.15) is 0 Å². The van der Waals surface area contributed by atoms with Gasteiger partial charge in [0, 0.05) is 30.2 Å². The molecule has 1 unspecified atom stereocenters. The fourth-order valence-electron chi connectivity index (χ4n) is 1.80. The molecule has 1 fully saturated rings. The largest absolute Gasteiger partial charge is 0.313 e. The van der Waals surface area contributed by atoms with Crippen LogP contribution in [0.1, 0.15) is 24.1 Å². The molecule has 1 saturated heterocycles. The molecule has 0 bridgehead atoms. The monoisotopic (exact) mass is 247 g/mol. The van der Waals surface area contributed by atoms with Crippen molar-refractivity contribution in [1.29, 1.82) is 0 Å². The quantitative estimate of drug-likeness (QED) is 0.852. The lowest BCUT2D eigenvalue weighted by molar-refractivity contribution is 0.383. The van der Waals surface area contributed by atoms with E-state index in [-0.39, 0.29) is 12.4 Å². The molecule has 1 aliphatic heterocycles. The molecule has 1 aromatic rings. The topological polar surface area (TPSA) is 37.0 Å². The first-order valence-corrected chi connectivity index (χ1v) is 6.14. The molecule has 0 amide bonds. The summed E-state index contributed by atoms with van der Waals surface area (Å²) in [5.74, 6) is 0. The number of halogens is 1. The van der Waals surface area contributed by atoms with Crippen molar-refractivity contribution < 1.29 is 0 Å². The lowest BCUT2D eigenvalue weighted by atomic mass is 10.1. The molecule has 1 aromatic heterocycles. The molecule has 15 heavy (non-hydrogen) atoms. The van der Waals surface area contributed by atoms with E-state index >= 15 is 0 Å². The van der Waals surface area contributed by atoms with Crippen molar-refractivity contribution in [2.75, 3.05) is 13.1 Å². The number of nitrogens with zero attached hydrogens (tertiary/aromatic N) is 1. The van der Waals surface area contributed by atoms with Crippen molar-refractivity contribution in [3.8, 4) is 0 Å². The van der Waals surface area contributed by atoms with Crippen molar-refractivity contribution in [1.82, 2.24) is 15.6 Å². The molecule has 86 valence electrons. The van der Waals surface area contributed by atoms with Crippen LogP contribution in [0.2, 0.25) is 0 Å². The number of rotatable bonds is 4. The van der Waals surface area contributed by atoms with Gasteiger partial charge < -0.3 is 10.6 Å². The molecule has 0 radical (unpaired) electrons. The summed E-state index contributed by atoms with van der Waals surface area (Å²) >= 11 is 1.72. The summed E-state index contributed by atoms with van der Waals surface area (Å²) < 4.78 is 0. The van der Waals surface area contributed by atoms with E-state index in [0.717, 1.165) is 13.1 Å². The number of hydrogen-bond acceptors (Lipinski definition) is 4. The highest BCUT2D eigenvalue weighted by Gasteiger charge is 2.11. The van der Waals surface area contributed by atoms with Gasteiger partial charge in [0.25, 0.3) is 0 Å². The molecule has 1 atom stereocenters. The average Bonchev–Trinajstić information content (AvgIpc) is 2.72. The fraction of sp³-hybridized carbons (Fsp3) is 0.700. The third-order valence-electron chi connectivity index (χ3n) is 2.59. The Kier molecular flexibility index (Phi) is 6.17. The molecule has 3 nitrogen and oxygen atoms in total. The summed E-state index contributed by atoms with van der Waals surface area (Å²) in [7, 11) is 0. The van der Waals surface area contributed by atoms with E-state index in [0.29, 0.717) is 6.04 Å². The van der Waals surface area contributed by atoms with Crippen LogP contribution in [0.5, 0.6) is 0 Å². The van der Waals surface area contributed by atoms with Crippen LogP contribution in [-0.2, 0) is 6.54 Å². The van der Waals surface area contributed by atoms with Crippen LogP contribution in [0.3, 0.4) is 0 Å². The maximum atomic E-state index is 4.05. The second-order valence-electron chi connectivity index (χ2n) is 3.75. The molecule has 0 aromatic carbocycles. The molecule has 0 aliphatic carbocycles. The first-order valence-electron chi connectivity index (χ1n) is 5.26. The lowest BCUT2D eigenvalue weighted by Crippen LogP contribution is -2.41. The standard InChI is InChI=1S/C10H17N3S.ClH/c1-2-4-13-9(3-1)5-11-6-10-7-12-8-14-10;/h7-9,11,13H,1-6H2;1H. The van der Waals surface area contributed by atoms with E-state index < -0.39 is 0 Å². The van der Waals surface area contributed by atoms with Crippen LogP contribution in [0, 0.1) is 0 Å². The smallest absolute Gasteiger partial charge is 0.0794 e. The minimum atomic E-state index is 0. The van der Waals surface area contributed by atoms with Crippen LogP contribution >= 0.6 is 23.7 Å². The Hall–Kier alpha value is -0.160. The Morgan fingerprint density at radius 3 is 3.13 bits per heavy atom. The molecule has 2 N–H and O–H groups in total. The Morgan fingerprint density at radius 2 is 2.47 bits per heavy atom. The van der Waals surface area contributed by atoms with E-state index in [2.05, 4.69) is 15.6 Å². The van der Waals surface area contributed by atoms with Gasteiger partial charge in [0.05, 0.1) is 5.51 Å². The van der Waals surface area contributed by atoms with Crippen LogP contribution in [0.15, 0.2) is 11.7 Å². The highest BCUT2D eigenvalue weighted by atomic mass is 35.5. The van der Waals surface area contributed by atoms with Crippen LogP contribution in [0.25, 0.3) is 0 Å². The predicted molar refractivity (Wildman–Crippen MR) is 66.7 cm³/mol. The molecule has 5 heteroatoms. The molecule has 0 saturated carbocycles.